The van der Waals surface area contributed by atoms with E-state index < -0.39 is 5.97 Å². The zero-order chi connectivity index (χ0) is 12.3. The molecule has 1 fully saturated rings. The van der Waals surface area contributed by atoms with Gasteiger partial charge in [-0.1, -0.05) is 12.8 Å². The molecule has 2 N–H and O–H groups in total. The molecule has 1 amide bonds. The average Bonchev–Trinajstić information content (AvgIpc) is 3.11. The minimum Gasteiger partial charge on any atom is -0.478 e. The van der Waals surface area contributed by atoms with E-state index in [4.69, 9.17) is 5.11 Å². The summed E-state index contributed by atoms with van der Waals surface area (Å²) in [6.07, 6.45) is 4.01. The minimum atomic E-state index is -0.961. The van der Waals surface area contributed by atoms with Crippen molar-refractivity contribution < 1.29 is 14.7 Å². The summed E-state index contributed by atoms with van der Waals surface area (Å²) in [5.41, 5.74) is 0.872. The molecule has 4 nitrogen and oxygen atoms in total. The Hall–Kier alpha value is -1.84. The first-order valence-electron chi connectivity index (χ1n) is 5.78. The molecular weight excluding hydrogens is 218 g/mol. The van der Waals surface area contributed by atoms with Crippen LogP contribution in [0.15, 0.2) is 24.3 Å². The molecule has 17 heavy (non-hydrogen) atoms. The number of amides is 1. The lowest BCUT2D eigenvalue weighted by molar-refractivity contribution is -0.116. The van der Waals surface area contributed by atoms with Crippen LogP contribution in [-0.4, -0.2) is 17.0 Å². The number of rotatable bonds is 5. The molecule has 0 aliphatic heterocycles. The summed E-state index contributed by atoms with van der Waals surface area (Å²) in [7, 11) is 0. The fraction of sp³-hybridized carbons (Fsp3) is 0.385. The number of hydrogen-bond acceptors (Lipinski definition) is 2. The quantitative estimate of drug-likeness (QED) is 0.821. The highest BCUT2D eigenvalue weighted by Gasteiger charge is 2.21. The van der Waals surface area contributed by atoms with Crippen LogP contribution in [-0.2, 0) is 4.79 Å². The van der Waals surface area contributed by atoms with Crippen molar-refractivity contribution in [1.29, 1.82) is 0 Å². The molecule has 90 valence electrons. The number of carboxylic acid groups (broad SMARTS) is 1. The van der Waals surface area contributed by atoms with Crippen LogP contribution in [0.3, 0.4) is 0 Å². The molecular formula is C13H15NO3. The van der Waals surface area contributed by atoms with Crippen LogP contribution in [0.4, 0.5) is 5.69 Å². The van der Waals surface area contributed by atoms with E-state index in [2.05, 4.69) is 5.32 Å². The Labute approximate surface area is 99.6 Å². The van der Waals surface area contributed by atoms with Gasteiger partial charge in [-0.2, -0.15) is 0 Å². The van der Waals surface area contributed by atoms with Crippen LogP contribution in [0, 0.1) is 5.92 Å². The van der Waals surface area contributed by atoms with Crippen LogP contribution in [0.1, 0.15) is 36.0 Å². The standard InChI is InChI=1S/C13H15NO3/c15-12(8-3-9-1-2-9)14-11-6-4-10(5-7-11)13(16)17/h4-7,9H,1-3,8H2,(H,14,15)(H,16,17). The third-order valence-corrected chi connectivity index (χ3v) is 2.89. The molecule has 1 aromatic carbocycles. The molecule has 0 unspecified atom stereocenters. The normalized spacial score (nSPS) is 14.4. The molecule has 0 atom stereocenters. The first-order chi connectivity index (χ1) is 8.15. The Kier molecular flexibility index (Phi) is 3.42. The maximum atomic E-state index is 11.5. The molecule has 1 aliphatic rings. The van der Waals surface area contributed by atoms with Crippen molar-refractivity contribution in [1.82, 2.24) is 0 Å². The molecule has 4 heteroatoms. The number of aromatic carboxylic acids is 1. The number of carbonyl (C=O) groups is 2. The van der Waals surface area contributed by atoms with E-state index in [1.165, 1.54) is 25.0 Å². The van der Waals surface area contributed by atoms with Gasteiger partial charge in [0.15, 0.2) is 0 Å². The van der Waals surface area contributed by atoms with Gasteiger partial charge in [0.25, 0.3) is 0 Å². The lowest BCUT2D eigenvalue weighted by atomic mass is 10.2. The fourth-order valence-corrected chi connectivity index (χ4v) is 1.66. The van der Waals surface area contributed by atoms with Crippen molar-refractivity contribution in [2.75, 3.05) is 5.32 Å². The minimum absolute atomic E-state index is 0.0000231. The lowest BCUT2D eigenvalue weighted by Crippen LogP contribution is -2.11. The zero-order valence-electron chi connectivity index (χ0n) is 9.48. The highest BCUT2D eigenvalue weighted by Crippen LogP contribution is 2.33. The predicted molar refractivity (Wildman–Crippen MR) is 64.0 cm³/mol. The van der Waals surface area contributed by atoms with Crippen LogP contribution < -0.4 is 5.32 Å². The number of carbonyl (C=O) groups excluding carboxylic acids is 1. The second-order valence-electron chi connectivity index (χ2n) is 4.41. The van der Waals surface area contributed by atoms with Crippen LogP contribution >= 0.6 is 0 Å². The Bertz CT molecular complexity index is 421. The van der Waals surface area contributed by atoms with Crippen molar-refractivity contribution in [2.45, 2.75) is 25.7 Å². The van der Waals surface area contributed by atoms with E-state index >= 15 is 0 Å². The molecule has 0 bridgehead atoms. The van der Waals surface area contributed by atoms with Crippen molar-refractivity contribution in [3.05, 3.63) is 29.8 Å². The Morgan fingerprint density at radius 1 is 1.24 bits per heavy atom. The fourth-order valence-electron chi connectivity index (χ4n) is 1.66. The number of hydrogen-bond donors (Lipinski definition) is 2. The van der Waals surface area contributed by atoms with Crippen molar-refractivity contribution in [2.24, 2.45) is 5.92 Å². The van der Waals surface area contributed by atoms with Gasteiger partial charge >= 0.3 is 5.97 Å². The van der Waals surface area contributed by atoms with Crippen LogP contribution in [0.25, 0.3) is 0 Å². The smallest absolute Gasteiger partial charge is 0.335 e. The third kappa shape index (κ3) is 3.59. The summed E-state index contributed by atoms with van der Waals surface area (Å²) in [5, 5.41) is 11.5. The number of anilines is 1. The molecule has 2 rings (SSSR count). The van der Waals surface area contributed by atoms with E-state index in [1.54, 1.807) is 12.1 Å². The topological polar surface area (TPSA) is 66.4 Å². The Morgan fingerprint density at radius 2 is 1.88 bits per heavy atom. The van der Waals surface area contributed by atoms with Crippen LogP contribution in [0.2, 0.25) is 0 Å². The van der Waals surface area contributed by atoms with Crippen molar-refractivity contribution in [3.8, 4) is 0 Å². The molecule has 1 aliphatic carbocycles. The SMILES string of the molecule is O=C(CCC1CC1)Nc1ccc(C(=O)O)cc1. The van der Waals surface area contributed by atoms with Gasteiger partial charge < -0.3 is 10.4 Å². The van der Waals surface area contributed by atoms with Gasteiger partial charge in [-0.15, -0.1) is 0 Å². The van der Waals surface area contributed by atoms with E-state index in [1.807, 2.05) is 0 Å². The van der Waals surface area contributed by atoms with E-state index in [0.717, 1.165) is 12.3 Å². The van der Waals surface area contributed by atoms with Gasteiger partial charge in [-0.25, -0.2) is 4.79 Å². The van der Waals surface area contributed by atoms with Gasteiger partial charge in [0.1, 0.15) is 0 Å². The molecule has 0 spiro atoms. The maximum absolute atomic E-state index is 11.5. The summed E-state index contributed by atoms with van der Waals surface area (Å²) in [6.45, 7) is 0. The third-order valence-electron chi connectivity index (χ3n) is 2.89. The van der Waals surface area contributed by atoms with Gasteiger partial charge in [0.2, 0.25) is 5.91 Å². The maximum Gasteiger partial charge on any atom is 0.335 e. The summed E-state index contributed by atoms with van der Waals surface area (Å²) in [4.78, 5) is 22.2. The lowest BCUT2D eigenvalue weighted by Gasteiger charge is -2.05. The molecule has 0 radical (unpaired) electrons. The van der Waals surface area contributed by atoms with Crippen molar-refractivity contribution >= 4 is 17.6 Å². The van der Waals surface area contributed by atoms with Gasteiger partial charge in [0, 0.05) is 12.1 Å². The highest BCUT2D eigenvalue weighted by atomic mass is 16.4. The Morgan fingerprint density at radius 3 is 2.41 bits per heavy atom. The molecule has 1 aromatic rings. The number of benzene rings is 1. The first kappa shape index (κ1) is 11.6. The zero-order valence-corrected chi connectivity index (χ0v) is 9.48. The summed E-state index contributed by atoms with van der Waals surface area (Å²) < 4.78 is 0. The molecule has 0 heterocycles. The van der Waals surface area contributed by atoms with E-state index in [9.17, 15) is 9.59 Å². The summed E-state index contributed by atoms with van der Waals surface area (Å²) >= 11 is 0. The molecule has 0 saturated heterocycles. The second kappa shape index (κ2) is 4.99. The molecule has 0 aromatic heterocycles. The van der Waals surface area contributed by atoms with E-state index in [-0.39, 0.29) is 11.5 Å². The summed E-state index contributed by atoms with van der Waals surface area (Å²) in [5.74, 6) is -0.216. The predicted octanol–water partition coefficient (Wildman–Crippen LogP) is 2.51. The molecule has 1 saturated carbocycles. The first-order valence-corrected chi connectivity index (χ1v) is 5.78. The second-order valence-corrected chi connectivity index (χ2v) is 4.41. The van der Waals surface area contributed by atoms with Gasteiger partial charge in [0.05, 0.1) is 5.56 Å². The average molecular weight is 233 g/mol. The number of nitrogens with one attached hydrogen (secondary N) is 1. The Balaban J connectivity index is 1.84. The van der Waals surface area contributed by atoms with Crippen LogP contribution in [0.5, 0.6) is 0 Å². The largest absolute Gasteiger partial charge is 0.478 e. The summed E-state index contributed by atoms with van der Waals surface area (Å²) in [6, 6.07) is 6.19. The highest BCUT2D eigenvalue weighted by molar-refractivity contribution is 5.92. The van der Waals surface area contributed by atoms with Gasteiger partial charge in [-0.05, 0) is 36.6 Å². The van der Waals surface area contributed by atoms with Gasteiger partial charge in [-0.3, -0.25) is 4.79 Å². The van der Waals surface area contributed by atoms with Crippen molar-refractivity contribution in [3.63, 3.8) is 0 Å². The van der Waals surface area contributed by atoms with E-state index in [0.29, 0.717) is 12.1 Å². The number of carboxylic acids is 1. The monoisotopic (exact) mass is 233 g/mol.